The Morgan fingerprint density at radius 2 is 1.68 bits per heavy atom. The van der Waals surface area contributed by atoms with E-state index in [2.05, 4.69) is 15.6 Å². The minimum Gasteiger partial charge on any atom is -0.461 e. The van der Waals surface area contributed by atoms with Crippen LogP contribution in [-0.2, 0) is 9.53 Å². The molecule has 3 rings (SSSR count). The fourth-order valence-corrected chi connectivity index (χ4v) is 2.38. The van der Waals surface area contributed by atoms with Crippen LogP contribution in [0, 0.1) is 0 Å². The Hall–Kier alpha value is -3.48. The van der Waals surface area contributed by atoms with E-state index < -0.39 is 5.97 Å². The van der Waals surface area contributed by atoms with Crippen LogP contribution in [0.15, 0.2) is 54.9 Å². The first-order valence-electron chi connectivity index (χ1n) is 9.06. The van der Waals surface area contributed by atoms with Crippen molar-refractivity contribution in [2.75, 3.05) is 13.2 Å². The van der Waals surface area contributed by atoms with Crippen molar-refractivity contribution in [2.45, 2.75) is 18.9 Å². The predicted molar refractivity (Wildman–Crippen MR) is 103 cm³/mol. The van der Waals surface area contributed by atoms with E-state index in [1.807, 2.05) is 0 Å². The number of esters is 1. The number of amides is 2. The summed E-state index contributed by atoms with van der Waals surface area (Å²) in [5, 5.41) is 5.58. The third-order valence-electron chi connectivity index (χ3n) is 4.07. The van der Waals surface area contributed by atoms with Gasteiger partial charge in [0.2, 0.25) is 0 Å². The highest BCUT2D eigenvalue weighted by molar-refractivity contribution is 5.95. The van der Waals surface area contributed by atoms with Gasteiger partial charge in [0, 0.05) is 35.6 Å². The molecule has 2 aromatic rings. The van der Waals surface area contributed by atoms with Crippen LogP contribution in [0.25, 0.3) is 6.08 Å². The predicted octanol–water partition coefficient (Wildman–Crippen LogP) is 1.96. The quantitative estimate of drug-likeness (QED) is 0.415. The van der Waals surface area contributed by atoms with Crippen molar-refractivity contribution >= 4 is 23.9 Å². The van der Waals surface area contributed by atoms with Gasteiger partial charge in [-0.25, -0.2) is 4.79 Å². The number of carbonyl (C=O) groups excluding carboxylic acids is 3. The summed E-state index contributed by atoms with van der Waals surface area (Å²) in [6.45, 7) is 0.284. The van der Waals surface area contributed by atoms with Gasteiger partial charge in [0.15, 0.2) is 0 Å². The summed E-state index contributed by atoms with van der Waals surface area (Å²) in [4.78, 5) is 39.3. The van der Waals surface area contributed by atoms with Crippen LogP contribution in [0.2, 0.25) is 0 Å². The number of nitrogens with zero attached hydrogens (tertiary/aromatic N) is 1. The summed E-state index contributed by atoms with van der Waals surface area (Å²) in [6.07, 6.45) is 8.08. The van der Waals surface area contributed by atoms with E-state index in [1.54, 1.807) is 42.5 Å². The van der Waals surface area contributed by atoms with Crippen molar-refractivity contribution < 1.29 is 19.1 Å². The molecule has 1 fully saturated rings. The van der Waals surface area contributed by atoms with Crippen molar-refractivity contribution in [1.82, 2.24) is 15.6 Å². The van der Waals surface area contributed by atoms with Gasteiger partial charge in [-0.1, -0.05) is 12.1 Å². The zero-order valence-electron chi connectivity index (χ0n) is 15.3. The molecule has 2 N–H and O–H groups in total. The maximum atomic E-state index is 11.9. The Morgan fingerprint density at radius 1 is 1.00 bits per heavy atom. The third-order valence-corrected chi connectivity index (χ3v) is 4.07. The van der Waals surface area contributed by atoms with Crippen LogP contribution < -0.4 is 10.6 Å². The van der Waals surface area contributed by atoms with Crippen molar-refractivity contribution in [3.63, 3.8) is 0 Å². The Balaban J connectivity index is 1.37. The molecule has 2 amide bonds. The number of carbonyl (C=O) groups is 3. The molecule has 0 aliphatic heterocycles. The molecule has 1 aliphatic rings. The highest BCUT2D eigenvalue weighted by atomic mass is 16.5. The van der Waals surface area contributed by atoms with Crippen LogP contribution >= 0.6 is 0 Å². The lowest BCUT2D eigenvalue weighted by atomic mass is 10.1. The number of nitrogens with one attached hydrogen (secondary N) is 2. The number of aromatic nitrogens is 1. The molecule has 0 radical (unpaired) electrons. The van der Waals surface area contributed by atoms with Crippen LogP contribution in [0.4, 0.5) is 0 Å². The largest absolute Gasteiger partial charge is 0.461 e. The Morgan fingerprint density at radius 3 is 2.36 bits per heavy atom. The average Bonchev–Trinajstić information content (AvgIpc) is 3.54. The van der Waals surface area contributed by atoms with E-state index in [0.717, 1.165) is 18.4 Å². The molecule has 1 heterocycles. The zero-order chi connectivity index (χ0) is 19.8. The highest BCUT2D eigenvalue weighted by Gasteiger charge is 2.23. The third kappa shape index (κ3) is 6.05. The summed E-state index contributed by atoms with van der Waals surface area (Å²) in [5.41, 5.74) is 1.87. The van der Waals surface area contributed by atoms with Gasteiger partial charge >= 0.3 is 5.97 Å². The number of hydrogen-bond donors (Lipinski definition) is 2. The van der Waals surface area contributed by atoms with E-state index in [9.17, 15) is 14.4 Å². The average molecular weight is 379 g/mol. The molecule has 1 saturated carbocycles. The lowest BCUT2D eigenvalue weighted by molar-refractivity contribution is -0.137. The van der Waals surface area contributed by atoms with Gasteiger partial charge in [-0.15, -0.1) is 0 Å². The molecule has 1 aromatic carbocycles. The van der Waals surface area contributed by atoms with Gasteiger partial charge in [0.1, 0.15) is 6.61 Å². The number of ether oxygens (including phenoxy) is 1. The van der Waals surface area contributed by atoms with Gasteiger partial charge in [-0.3, -0.25) is 14.6 Å². The molecule has 0 unspecified atom stereocenters. The zero-order valence-corrected chi connectivity index (χ0v) is 15.3. The lowest BCUT2D eigenvalue weighted by Gasteiger charge is -2.05. The Kier molecular flexibility index (Phi) is 6.51. The maximum absolute atomic E-state index is 11.9. The summed E-state index contributed by atoms with van der Waals surface area (Å²) in [5.74, 6) is -0.834. The molecule has 0 spiro atoms. The molecule has 0 bridgehead atoms. The molecule has 0 atom stereocenters. The number of hydrogen-bond acceptors (Lipinski definition) is 5. The number of benzene rings is 1. The van der Waals surface area contributed by atoms with Crippen molar-refractivity contribution in [1.29, 1.82) is 0 Å². The fourth-order valence-electron chi connectivity index (χ4n) is 2.38. The minimum atomic E-state index is -0.506. The first-order chi connectivity index (χ1) is 13.6. The Bertz CT molecular complexity index is 859. The molecule has 1 aromatic heterocycles. The SMILES string of the molecule is O=C(/C=C/c1ccc(C(=O)NC2CC2)cc1)OCCNC(=O)c1ccncc1. The molecule has 0 saturated heterocycles. The van der Waals surface area contributed by atoms with E-state index in [4.69, 9.17) is 4.74 Å². The second-order valence-corrected chi connectivity index (χ2v) is 6.36. The summed E-state index contributed by atoms with van der Waals surface area (Å²) >= 11 is 0. The molecular formula is C21H21N3O4. The summed E-state index contributed by atoms with van der Waals surface area (Å²) in [7, 11) is 0. The summed E-state index contributed by atoms with van der Waals surface area (Å²) in [6, 6.07) is 10.5. The van der Waals surface area contributed by atoms with Gasteiger partial charge in [-0.2, -0.15) is 0 Å². The van der Waals surface area contributed by atoms with Crippen LogP contribution in [-0.4, -0.2) is 42.0 Å². The standard InChI is InChI=1S/C21H21N3O4/c25-19(28-14-13-23-20(26)17-9-11-22-12-10-17)8-3-15-1-4-16(5-2-15)21(27)24-18-6-7-18/h1-5,8-12,18H,6-7,13-14H2,(H,23,26)(H,24,27)/b8-3+. The van der Waals surface area contributed by atoms with E-state index >= 15 is 0 Å². The molecule has 1 aliphatic carbocycles. The fraction of sp³-hybridized carbons (Fsp3) is 0.238. The molecule has 7 nitrogen and oxygen atoms in total. The number of rotatable bonds is 8. The number of pyridine rings is 1. The van der Waals surface area contributed by atoms with Gasteiger partial charge in [-0.05, 0) is 48.7 Å². The van der Waals surface area contributed by atoms with Crippen molar-refractivity contribution in [3.8, 4) is 0 Å². The second-order valence-electron chi connectivity index (χ2n) is 6.36. The first kappa shape index (κ1) is 19.3. The van der Waals surface area contributed by atoms with Crippen molar-refractivity contribution in [2.24, 2.45) is 0 Å². The maximum Gasteiger partial charge on any atom is 0.330 e. The van der Waals surface area contributed by atoms with E-state index in [0.29, 0.717) is 17.2 Å². The highest BCUT2D eigenvalue weighted by Crippen LogP contribution is 2.19. The summed E-state index contributed by atoms with van der Waals surface area (Å²) < 4.78 is 5.05. The van der Waals surface area contributed by atoms with E-state index in [-0.39, 0.29) is 25.0 Å². The monoisotopic (exact) mass is 379 g/mol. The normalized spacial score (nSPS) is 13.1. The van der Waals surface area contributed by atoms with Crippen LogP contribution in [0.3, 0.4) is 0 Å². The van der Waals surface area contributed by atoms with Crippen LogP contribution in [0.1, 0.15) is 39.1 Å². The van der Waals surface area contributed by atoms with E-state index in [1.165, 1.54) is 18.5 Å². The topological polar surface area (TPSA) is 97.4 Å². The molecular weight excluding hydrogens is 358 g/mol. The minimum absolute atomic E-state index is 0.0697. The molecule has 28 heavy (non-hydrogen) atoms. The smallest absolute Gasteiger partial charge is 0.330 e. The molecule has 7 heteroatoms. The van der Waals surface area contributed by atoms with Gasteiger partial charge < -0.3 is 15.4 Å². The van der Waals surface area contributed by atoms with Crippen molar-refractivity contribution in [3.05, 3.63) is 71.6 Å². The van der Waals surface area contributed by atoms with Gasteiger partial charge in [0.05, 0.1) is 6.54 Å². The Labute approximate surface area is 162 Å². The lowest BCUT2D eigenvalue weighted by Crippen LogP contribution is -2.27. The molecule has 144 valence electrons. The van der Waals surface area contributed by atoms with Gasteiger partial charge in [0.25, 0.3) is 11.8 Å². The second kappa shape index (κ2) is 9.45. The first-order valence-corrected chi connectivity index (χ1v) is 9.06. The van der Waals surface area contributed by atoms with Crippen LogP contribution in [0.5, 0.6) is 0 Å².